The molecule has 1 heterocycles. The second-order valence-corrected chi connectivity index (χ2v) is 7.23. The first-order chi connectivity index (χ1) is 8.44. The standard InChI is InChI=1S/C12H12I2N2O2/c1-7(17)15-5-4-12(14)6-16-9-3-2-8(13)11(18)10(9)12/h2-3,6,18H,4-5H2,1H3,(H,15,17). The van der Waals surface area contributed by atoms with E-state index in [1.165, 1.54) is 6.92 Å². The number of fused-ring (bicyclic) bond motifs is 1. The minimum absolute atomic E-state index is 0.0444. The quantitative estimate of drug-likeness (QED) is 0.528. The third-order valence-electron chi connectivity index (χ3n) is 2.79. The molecule has 2 rings (SSSR count). The highest BCUT2D eigenvalue weighted by Gasteiger charge is 2.36. The summed E-state index contributed by atoms with van der Waals surface area (Å²) in [6.07, 6.45) is 2.55. The van der Waals surface area contributed by atoms with E-state index in [-0.39, 0.29) is 9.33 Å². The minimum atomic E-state index is -0.346. The number of amides is 1. The molecule has 1 aliphatic heterocycles. The molecule has 1 unspecified atom stereocenters. The number of nitrogens with zero attached hydrogens (tertiary/aromatic N) is 1. The summed E-state index contributed by atoms with van der Waals surface area (Å²) in [7, 11) is 0. The fourth-order valence-electron chi connectivity index (χ4n) is 1.92. The third kappa shape index (κ3) is 2.63. The number of hydrogen-bond acceptors (Lipinski definition) is 3. The van der Waals surface area contributed by atoms with Crippen LogP contribution in [-0.2, 0) is 8.22 Å². The van der Waals surface area contributed by atoms with Crippen molar-refractivity contribution in [1.29, 1.82) is 0 Å². The number of nitrogens with one attached hydrogen (secondary N) is 1. The maximum absolute atomic E-state index is 10.9. The molecule has 1 aromatic rings. The Labute approximate surface area is 133 Å². The molecule has 0 aliphatic carbocycles. The van der Waals surface area contributed by atoms with E-state index in [0.717, 1.165) is 14.8 Å². The van der Waals surface area contributed by atoms with Crippen LogP contribution in [0.15, 0.2) is 17.1 Å². The van der Waals surface area contributed by atoms with Gasteiger partial charge in [0.2, 0.25) is 5.91 Å². The first-order valence-electron chi connectivity index (χ1n) is 5.44. The molecule has 18 heavy (non-hydrogen) atoms. The lowest BCUT2D eigenvalue weighted by Gasteiger charge is -2.21. The van der Waals surface area contributed by atoms with E-state index in [4.69, 9.17) is 0 Å². The fraction of sp³-hybridized carbons (Fsp3) is 0.333. The number of aliphatic imine (C=N–C) groups is 1. The monoisotopic (exact) mass is 470 g/mol. The molecule has 0 bridgehead atoms. The van der Waals surface area contributed by atoms with Gasteiger partial charge in [0.05, 0.1) is 12.7 Å². The first-order valence-corrected chi connectivity index (χ1v) is 7.60. The van der Waals surface area contributed by atoms with Gasteiger partial charge in [-0.1, -0.05) is 22.6 Å². The maximum Gasteiger partial charge on any atom is 0.216 e. The summed E-state index contributed by atoms with van der Waals surface area (Å²) in [6.45, 7) is 2.06. The van der Waals surface area contributed by atoms with E-state index in [2.05, 4.69) is 55.5 Å². The maximum atomic E-state index is 10.9. The van der Waals surface area contributed by atoms with Gasteiger partial charge in [0.15, 0.2) is 0 Å². The van der Waals surface area contributed by atoms with Crippen molar-refractivity contribution < 1.29 is 9.90 Å². The van der Waals surface area contributed by atoms with Crippen molar-refractivity contribution in [3.63, 3.8) is 0 Å². The van der Waals surface area contributed by atoms with Crippen molar-refractivity contribution in [2.45, 2.75) is 16.8 Å². The van der Waals surface area contributed by atoms with E-state index in [1.807, 2.05) is 18.3 Å². The van der Waals surface area contributed by atoms with Crippen molar-refractivity contribution in [3.05, 3.63) is 21.3 Å². The zero-order valence-corrected chi connectivity index (χ0v) is 14.0. The molecule has 6 heteroatoms. The van der Waals surface area contributed by atoms with Crippen molar-refractivity contribution in [2.24, 2.45) is 4.99 Å². The predicted molar refractivity (Wildman–Crippen MR) is 88.0 cm³/mol. The van der Waals surface area contributed by atoms with Gasteiger partial charge in [0.1, 0.15) is 5.75 Å². The van der Waals surface area contributed by atoms with Crippen molar-refractivity contribution in [2.75, 3.05) is 6.54 Å². The van der Waals surface area contributed by atoms with Crippen LogP contribution in [0, 0.1) is 3.57 Å². The second-order valence-electron chi connectivity index (χ2n) is 4.14. The van der Waals surface area contributed by atoms with Crippen LogP contribution in [-0.4, -0.2) is 23.8 Å². The minimum Gasteiger partial charge on any atom is -0.506 e. The van der Waals surface area contributed by atoms with Crippen molar-refractivity contribution in [3.8, 4) is 5.75 Å². The van der Waals surface area contributed by atoms with Crippen LogP contribution in [0.5, 0.6) is 5.75 Å². The molecule has 1 atom stereocenters. The summed E-state index contributed by atoms with van der Waals surface area (Å²) in [5, 5.41) is 13.0. The Balaban J connectivity index is 2.26. The molecule has 2 N–H and O–H groups in total. The Morgan fingerprint density at radius 1 is 1.56 bits per heavy atom. The van der Waals surface area contributed by atoms with Gasteiger partial charge in [0, 0.05) is 25.2 Å². The molecule has 0 fully saturated rings. The largest absolute Gasteiger partial charge is 0.506 e. The number of halogens is 2. The highest BCUT2D eigenvalue weighted by atomic mass is 127. The average Bonchev–Trinajstić information content (AvgIpc) is 2.62. The van der Waals surface area contributed by atoms with Crippen molar-refractivity contribution >= 4 is 63.0 Å². The average molecular weight is 470 g/mol. The first kappa shape index (κ1) is 14.0. The summed E-state index contributed by atoms with van der Waals surface area (Å²) >= 11 is 4.39. The molecule has 0 spiro atoms. The smallest absolute Gasteiger partial charge is 0.216 e. The molecule has 4 nitrogen and oxygen atoms in total. The molecule has 0 aromatic heterocycles. The van der Waals surface area contributed by atoms with E-state index < -0.39 is 0 Å². The number of rotatable bonds is 3. The Kier molecular flexibility index (Phi) is 4.15. The van der Waals surface area contributed by atoms with Gasteiger partial charge in [-0.3, -0.25) is 9.79 Å². The van der Waals surface area contributed by atoms with Crippen LogP contribution in [0.25, 0.3) is 0 Å². The zero-order chi connectivity index (χ0) is 13.3. The van der Waals surface area contributed by atoms with Crippen molar-refractivity contribution in [1.82, 2.24) is 5.32 Å². The summed E-state index contributed by atoms with van der Waals surface area (Å²) in [4.78, 5) is 15.2. The lowest BCUT2D eigenvalue weighted by atomic mass is 9.96. The Bertz CT molecular complexity index is 531. The molecular weight excluding hydrogens is 458 g/mol. The fourth-order valence-corrected chi connectivity index (χ4v) is 3.31. The number of aromatic hydroxyl groups is 1. The number of carbonyl (C=O) groups is 1. The Morgan fingerprint density at radius 3 is 2.94 bits per heavy atom. The SMILES string of the molecule is CC(=O)NCCC1(I)C=Nc2ccc(I)c(O)c21. The summed E-state index contributed by atoms with van der Waals surface area (Å²) in [5.74, 6) is 0.250. The van der Waals surface area contributed by atoms with Gasteiger partial charge < -0.3 is 10.4 Å². The molecular formula is C12H12I2N2O2. The molecule has 0 radical (unpaired) electrons. The van der Waals surface area contributed by atoms with Crippen LogP contribution >= 0.6 is 45.2 Å². The van der Waals surface area contributed by atoms with E-state index in [0.29, 0.717) is 18.7 Å². The van der Waals surface area contributed by atoms with Gasteiger partial charge >= 0.3 is 0 Å². The Hall–Kier alpha value is -0.380. The van der Waals surface area contributed by atoms with E-state index in [1.54, 1.807) is 0 Å². The molecule has 1 aromatic carbocycles. The number of phenols is 1. The third-order valence-corrected chi connectivity index (χ3v) is 5.02. The Morgan fingerprint density at radius 2 is 2.28 bits per heavy atom. The van der Waals surface area contributed by atoms with E-state index >= 15 is 0 Å². The van der Waals surface area contributed by atoms with Crippen LogP contribution in [0.4, 0.5) is 5.69 Å². The number of carbonyl (C=O) groups excluding carboxylic acids is 1. The molecule has 1 aliphatic rings. The predicted octanol–water partition coefficient (Wildman–Crippen LogP) is 2.87. The summed E-state index contributed by atoms with van der Waals surface area (Å²) in [5.41, 5.74) is 1.66. The summed E-state index contributed by atoms with van der Waals surface area (Å²) < 4.78 is 0.471. The number of alkyl halides is 1. The van der Waals surface area contributed by atoms with Gasteiger partial charge in [-0.15, -0.1) is 0 Å². The highest BCUT2D eigenvalue weighted by molar-refractivity contribution is 14.1. The van der Waals surface area contributed by atoms with Gasteiger partial charge in [-0.2, -0.15) is 0 Å². The van der Waals surface area contributed by atoms with Crippen LogP contribution in [0.2, 0.25) is 0 Å². The van der Waals surface area contributed by atoms with Gasteiger partial charge in [0.25, 0.3) is 0 Å². The van der Waals surface area contributed by atoms with Crippen LogP contribution in [0.1, 0.15) is 18.9 Å². The lowest BCUT2D eigenvalue weighted by Crippen LogP contribution is -2.28. The normalized spacial score (nSPS) is 20.8. The van der Waals surface area contributed by atoms with Gasteiger partial charge in [-0.25, -0.2) is 0 Å². The zero-order valence-electron chi connectivity index (χ0n) is 9.70. The van der Waals surface area contributed by atoms with Gasteiger partial charge in [-0.05, 0) is 41.1 Å². The van der Waals surface area contributed by atoms with E-state index in [9.17, 15) is 9.90 Å². The molecule has 0 saturated carbocycles. The number of benzene rings is 1. The second kappa shape index (κ2) is 5.32. The lowest BCUT2D eigenvalue weighted by molar-refractivity contribution is -0.118. The van der Waals surface area contributed by atoms with Crippen LogP contribution in [0.3, 0.4) is 0 Å². The highest BCUT2D eigenvalue weighted by Crippen LogP contribution is 2.49. The topological polar surface area (TPSA) is 61.7 Å². The summed E-state index contributed by atoms with van der Waals surface area (Å²) in [6, 6.07) is 3.76. The van der Waals surface area contributed by atoms with Crippen LogP contribution < -0.4 is 5.32 Å². The molecule has 0 saturated heterocycles. The molecule has 96 valence electrons. The molecule has 1 amide bonds. The number of hydrogen-bond donors (Lipinski definition) is 2. The number of phenolic OH excluding ortho intramolecular Hbond substituents is 1.